The van der Waals surface area contributed by atoms with Crippen molar-refractivity contribution in [1.29, 1.82) is 0 Å². The first-order chi connectivity index (χ1) is 22.3. The zero-order valence-corrected chi connectivity index (χ0v) is 23.9. The predicted octanol–water partition coefficient (Wildman–Crippen LogP) is 10.7. The Hall–Kier alpha value is -6.20. The fraction of sp³-hybridized carbons (Fsp3) is 0. The van der Waals surface area contributed by atoms with Crippen molar-refractivity contribution in [2.45, 2.75) is 0 Å². The molecule has 10 aromatic rings. The molecule has 45 heavy (non-hydrogen) atoms. The van der Waals surface area contributed by atoms with Gasteiger partial charge in [-0.25, -0.2) is 0 Å². The molecule has 5 heteroatoms. The Balaban J connectivity index is 1.29. The number of hydrogen-bond donors (Lipinski definition) is 0. The lowest BCUT2D eigenvalue weighted by molar-refractivity contribution is 0.668. The molecule has 0 saturated heterocycles. The Morgan fingerprint density at radius 2 is 1.09 bits per heavy atom. The number of fused-ring (bicyclic) bond motifs is 9. The largest absolute Gasteiger partial charge is 0.454 e. The van der Waals surface area contributed by atoms with Crippen LogP contribution in [-0.4, -0.2) is 14.5 Å². The smallest absolute Gasteiger partial charge is 0.161 e. The first-order valence-electron chi connectivity index (χ1n) is 15.0. The van der Waals surface area contributed by atoms with Crippen LogP contribution in [0, 0.1) is 0 Å². The molecule has 0 aliphatic heterocycles. The molecule has 0 spiro atoms. The van der Waals surface area contributed by atoms with Gasteiger partial charge in [-0.1, -0.05) is 78.9 Å². The molecular formula is C40H23N3O2. The summed E-state index contributed by atoms with van der Waals surface area (Å²) in [5.74, 6) is 0. The summed E-state index contributed by atoms with van der Waals surface area (Å²) in [6, 6.07) is 43.9. The van der Waals surface area contributed by atoms with E-state index in [0.29, 0.717) is 0 Å². The molecule has 0 aliphatic rings. The maximum atomic E-state index is 6.46. The second-order valence-electron chi connectivity index (χ2n) is 11.4. The standard InChI is InChI=1S/C40H23N3O2/c1-2-9-25(10-3-1)43-33-18-17-24(36-39-29(19-21-41-36)26-11-4-6-15-34(26)44-39)23-32(33)28-13-8-14-31(38(28)43)37-40-30(20-22-42-37)27-12-5-7-16-35(27)45-40/h1-23H. The van der Waals surface area contributed by atoms with Gasteiger partial charge >= 0.3 is 0 Å². The summed E-state index contributed by atoms with van der Waals surface area (Å²) in [4.78, 5) is 9.74. The van der Waals surface area contributed by atoms with E-state index in [4.69, 9.17) is 18.8 Å². The van der Waals surface area contributed by atoms with E-state index in [0.717, 1.165) is 93.9 Å². The normalized spacial score (nSPS) is 12.0. The van der Waals surface area contributed by atoms with Gasteiger partial charge in [-0.3, -0.25) is 9.97 Å². The average Bonchev–Trinajstić information content (AvgIpc) is 3.78. The van der Waals surface area contributed by atoms with Crippen molar-refractivity contribution in [3.63, 3.8) is 0 Å². The molecule has 5 nitrogen and oxygen atoms in total. The van der Waals surface area contributed by atoms with E-state index in [1.54, 1.807) is 0 Å². The molecule has 5 aromatic carbocycles. The molecule has 0 atom stereocenters. The van der Waals surface area contributed by atoms with Crippen molar-refractivity contribution in [2.75, 3.05) is 0 Å². The molecule has 0 unspecified atom stereocenters. The van der Waals surface area contributed by atoms with Crippen LogP contribution in [-0.2, 0) is 0 Å². The molecule has 210 valence electrons. The van der Waals surface area contributed by atoms with Crippen molar-refractivity contribution in [3.8, 4) is 28.2 Å². The minimum atomic E-state index is 0.789. The number of rotatable bonds is 3. The monoisotopic (exact) mass is 577 g/mol. The Kier molecular flexibility index (Phi) is 4.93. The zero-order valence-electron chi connectivity index (χ0n) is 23.9. The van der Waals surface area contributed by atoms with Crippen molar-refractivity contribution in [1.82, 2.24) is 14.5 Å². The zero-order chi connectivity index (χ0) is 29.5. The number of aromatic nitrogens is 3. The van der Waals surface area contributed by atoms with Crippen LogP contribution in [0.1, 0.15) is 0 Å². The quantitative estimate of drug-likeness (QED) is 0.210. The van der Waals surface area contributed by atoms with E-state index in [1.165, 1.54) is 0 Å². The first kappa shape index (κ1) is 24.3. The minimum absolute atomic E-state index is 0.789. The fourth-order valence-corrected chi connectivity index (χ4v) is 6.95. The Morgan fingerprint density at radius 3 is 1.82 bits per heavy atom. The van der Waals surface area contributed by atoms with E-state index in [-0.39, 0.29) is 0 Å². The second-order valence-corrected chi connectivity index (χ2v) is 11.4. The summed E-state index contributed by atoms with van der Waals surface area (Å²) in [6.45, 7) is 0. The van der Waals surface area contributed by atoms with Crippen LogP contribution < -0.4 is 0 Å². The van der Waals surface area contributed by atoms with Gasteiger partial charge < -0.3 is 13.4 Å². The highest BCUT2D eigenvalue weighted by Crippen LogP contribution is 2.43. The average molecular weight is 578 g/mol. The summed E-state index contributed by atoms with van der Waals surface area (Å²) >= 11 is 0. The molecule has 10 rings (SSSR count). The topological polar surface area (TPSA) is 57.0 Å². The summed E-state index contributed by atoms with van der Waals surface area (Å²) in [6.07, 6.45) is 3.75. The molecule has 5 heterocycles. The van der Waals surface area contributed by atoms with Gasteiger partial charge in [-0.15, -0.1) is 0 Å². The number of pyridine rings is 2. The predicted molar refractivity (Wildman–Crippen MR) is 182 cm³/mol. The number of hydrogen-bond acceptors (Lipinski definition) is 4. The Morgan fingerprint density at radius 1 is 0.467 bits per heavy atom. The lowest BCUT2D eigenvalue weighted by Crippen LogP contribution is -1.96. The maximum absolute atomic E-state index is 6.46. The van der Waals surface area contributed by atoms with Crippen LogP contribution in [0.15, 0.2) is 149 Å². The van der Waals surface area contributed by atoms with Gasteiger partial charge in [0.15, 0.2) is 11.2 Å². The molecule has 5 aromatic heterocycles. The number of benzene rings is 5. The van der Waals surface area contributed by atoms with Crippen LogP contribution in [0.3, 0.4) is 0 Å². The molecule has 0 N–H and O–H groups in total. The van der Waals surface area contributed by atoms with Crippen molar-refractivity contribution in [2.24, 2.45) is 0 Å². The van der Waals surface area contributed by atoms with E-state index >= 15 is 0 Å². The minimum Gasteiger partial charge on any atom is -0.454 e. The molecule has 0 amide bonds. The highest BCUT2D eigenvalue weighted by Gasteiger charge is 2.22. The van der Waals surface area contributed by atoms with Gasteiger partial charge in [0.2, 0.25) is 0 Å². The summed E-state index contributed by atoms with van der Waals surface area (Å²) in [7, 11) is 0. The lowest BCUT2D eigenvalue weighted by atomic mass is 10.0. The molecule has 0 bridgehead atoms. The molecule has 0 fully saturated rings. The third-order valence-corrected chi connectivity index (χ3v) is 8.92. The Bertz CT molecular complexity index is 2770. The molecular weight excluding hydrogens is 554 g/mol. The Labute approximate surface area is 256 Å². The van der Waals surface area contributed by atoms with Gasteiger partial charge in [0.05, 0.1) is 11.0 Å². The number of para-hydroxylation sites is 4. The van der Waals surface area contributed by atoms with Crippen LogP contribution in [0.5, 0.6) is 0 Å². The van der Waals surface area contributed by atoms with Crippen molar-refractivity contribution in [3.05, 3.63) is 140 Å². The van der Waals surface area contributed by atoms with Gasteiger partial charge in [-0.2, -0.15) is 0 Å². The molecule has 0 aliphatic carbocycles. The van der Waals surface area contributed by atoms with Crippen molar-refractivity contribution < 1.29 is 8.83 Å². The van der Waals surface area contributed by atoms with Crippen molar-refractivity contribution >= 4 is 65.7 Å². The van der Waals surface area contributed by atoms with Crippen LogP contribution >= 0.6 is 0 Å². The SMILES string of the molecule is c1ccc(-n2c3ccc(-c4nccc5c4oc4ccccc45)cc3c3cccc(-c4nccc5c4oc4ccccc45)c32)cc1. The number of furan rings is 2. The highest BCUT2D eigenvalue weighted by atomic mass is 16.3. The van der Waals surface area contributed by atoms with Crippen LogP contribution in [0.2, 0.25) is 0 Å². The van der Waals surface area contributed by atoms with Crippen LogP contribution in [0.25, 0.3) is 93.9 Å². The van der Waals surface area contributed by atoms with E-state index < -0.39 is 0 Å². The highest BCUT2D eigenvalue weighted by molar-refractivity contribution is 6.17. The molecule has 0 radical (unpaired) electrons. The van der Waals surface area contributed by atoms with E-state index in [9.17, 15) is 0 Å². The third-order valence-electron chi connectivity index (χ3n) is 8.92. The summed E-state index contributed by atoms with van der Waals surface area (Å²) in [5, 5.41) is 6.55. The number of nitrogens with zero attached hydrogens (tertiary/aromatic N) is 3. The maximum Gasteiger partial charge on any atom is 0.161 e. The first-order valence-corrected chi connectivity index (χ1v) is 15.0. The van der Waals surface area contributed by atoms with Gasteiger partial charge in [-0.05, 0) is 48.5 Å². The van der Waals surface area contributed by atoms with Crippen LogP contribution in [0.4, 0.5) is 0 Å². The van der Waals surface area contributed by atoms with Gasteiger partial charge in [0.25, 0.3) is 0 Å². The van der Waals surface area contributed by atoms with Gasteiger partial charge in [0.1, 0.15) is 22.6 Å². The molecule has 0 saturated carbocycles. The third kappa shape index (κ3) is 3.43. The lowest BCUT2D eigenvalue weighted by Gasteiger charge is -2.11. The van der Waals surface area contributed by atoms with E-state index in [2.05, 4.69) is 77.4 Å². The summed E-state index contributed by atoms with van der Waals surface area (Å²) in [5.41, 5.74) is 10.2. The fourth-order valence-electron chi connectivity index (χ4n) is 6.95. The van der Waals surface area contributed by atoms with Gasteiger partial charge in [0, 0.05) is 61.5 Å². The second kappa shape index (κ2) is 9.15. The van der Waals surface area contributed by atoms with E-state index in [1.807, 2.05) is 67.0 Å². The summed E-state index contributed by atoms with van der Waals surface area (Å²) < 4.78 is 15.2.